The highest BCUT2D eigenvalue weighted by molar-refractivity contribution is 7.22. The minimum Gasteiger partial charge on any atom is -0.493 e. The van der Waals surface area contributed by atoms with E-state index >= 15 is 0 Å². The lowest BCUT2D eigenvalue weighted by molar-refractivity contribution is -0.271. The molecule has 514 valence electrons. The zero-order chi connectivity index (χ0) is 68.6. The molecule has 7 atom stereocenters. The number of aromatic nitrogens is 4. The number of aliphatic carboxylic acids is 1. The normalized spacial score (nSPS) is 25.5. The second-order valence-corrected chi connectivity index (χ2v) is 28.6. The highest BCUT2D eigenvalue weighted by atomic mass is 32.1. The number of nitrogens with one attached hydrogen (secondary N) is 2. The summed E-state index contributed by atoms with van der Waals surface area (Å²) in [6.45, 7) is 8.52. The van der Waals surface area contributed by atoms with Crippen LogP contribution < -0.4 is 25.0 Å². The maximum absolute atomic E-state index is 13.8. The quantitative estimate of drug-likeness (QED) is 0.0198. The van der Waals surface area contributed by atoms with Gasteiger partial charge in [0.15, 0.2) is 16.9 Å². The van der Waals surface area contributed by atoms with Crippen LogP contribution in [0, 0.1) is 23.2 Å². The van der Waals surface area contributed by atoms with E-state index in [0.29, 0.717) is 71.9 Å². The minimum absolute atomic E-state index is 0.0225. The molecule has 7 N–H and O–H groups in total. The number of carbonyl (C=O) groups is 7. The number of benzene rings is 3. The monoisotopic (exact) mass is 1350 g/mol. The fourth-order valence-corrected chi connectivity index (χ4v) is 17.1. The Balaban J connectivity index is 0.667. The van der Waals surface area contributed by atoms with Crippen molar-refractivity contribution in [2.75, 3.05) is 56.7 Å². The Morgan fingerprint density at radius 1 is 0.825 bits per heavy atom. The van der Waals surface area contributed by atoms with E-state index in [4.69, 9.17) is 33.8 Å². The van der Waals surface area contributed by atoms with E-state index in [2.05, 4.69) is 29.5 Å². The number of aliphatic hydroxyl groups is 3. The first kappa shape index (κ1) is 68.1. The van der Waals surface area contributed by atoms with Crippen molar-refractivity contribution >= 4 is 74.2 Å². The summed E-state index contributed by atoms with van der Waals surface area (Å²) in [6, 6.07) is 21.2. The summed E-state index contributed by atoms with van der Waals surface area (Å²) in [6.07, 6.45) is 3.63. The van der Waals surface area contributed by atoms with Gasteiger partial charge in [0.05, 0.1) is 40.9 Å². The summed E-state index contributed by atoms with van der Waals surface area (Å²) in [5.41, 5.74) is 5.11. The third kappa shape index (κ3) is 14.9. The molecular formula is C70H81N9O17S. The van der Waals surface area contributed by atoms with Crippen LogP contribution in [0.1, 0.15) is 118 Å². The van der Waals surface area contributed by atoms with Crippen molar-refractivity contribution < 1.29 is 82.8 Å². The van der Waals surface area contributed by atoms with E-state index in [0.717, 1.165) is 83.4 Å². The summed E-state index contributed by atoms with van der Waals surface area (Å²) < 4.78 is 33.1. The Hall–Kier alpha value is -8.86. The number of carboxylic acid groups (broad SMARTS) is 2. The number of ether oxygens (including phenoxy) is 5. The highest BCUT2D eigenvalue weighted by Crippen LogP contribution is 2.72. The topological polar surface area (TPSA) is 344 Å². The van der Waals surface area contributed by atoms with Crippen molar-refractivity contribution in [1.29, 1.82) is 0 Å². The molecule has 0 spiro atoms. The van der Waals surface area contributed by atoms with Gasteiger partial charge < -0.3 is 59.4 Å². The number of nitrogens with zero attached hydrogens (tertiary/aromatic N) is 7. The van der Waals surface area contributed by atoms with Crippen molar-refractivity contribution in [2.24, 2.45) is 16.2 Å². The molecule has 6 amide bonds. The molecule has 3 aromatic heterocycles. The van der Waals surface area contributed by atoms with Gasteiger partial charge in [0, 0.05) is 98.0 Å². The number of likely N-dealkylation sites (N-methyl/N-ethyl adjacent to an activating group) is 1. The number of urea groups is 1. The summed E-state index contributed by atoms with van der Waals surface area (Å²) in [4.78, 5) is 102. The number of carboxylic acids is 2. The van der Waals surface area contributed by atoms with Crippen LogP contribution in [-0.4, -0.2) is 180 Å². The van der Waals surface area contributed by atoms with Gasteiger partial charge in [-0.05, 0) is 142 Å². The largest absolute Gasteiger partial charge is 0.493 e. The van der Waals surface area contributed by atoms with Gasteiger partial charge in [0.25, 0.3) is 11.8 Å². The van der Waals surface area contributed by atoms with Crippen molar-refractivity contribution in [3.8, 4) is 33.9 Å². The molecule has 4 bridgehead atoms. The predicted octanol–water partition coefficient (Wildman–Crippen LogP) is 8.26. The fraction of sp³-hybridized carbons (Fsp3) is 0.486. The van der Waals surface area contributed by atoms with Crippen LogP contribution in [0.4, 0.5) is 20.4 Å². The van der Waals surface area contributed by atoms with Gasteiger partial charge in [-0.1, -0.05) is 55.9 Å². The molecule has 6 heterocycles. The van der Waals surface area contributed by atoms with Crippen LogP contribution in [0.25, 0.3) is 32.6 Å². The SMILES string of the molecule is Cc1c(-c2ccc(-c3ccc4c(c3)N(C(=O)Nc3nc5ccccc5s3)CCC4)nc2C(=O)O)cnn1CC12CC3(C)CC(C)(C1)CC(OCCN(C)C(=O)OCc1ccc(O[C@@H]4O[C@H](C(=O)O)[C@@H](O)[C@H](O)[C@H]4O)cc1OCCCNC(=O)CCCCCN1C(=O)C=CC1=O)(C3)C2. The molecule has 3 aliphatic heterocycles. The summed E-state index contributed by atoms with van der Waals surface area (Å²) in [7, 11) is 1.62. The van der Waals surface area contributed by atoms with Gasteiger partial charge in [-0.15, -0.1) is 0 Å². The zero-order valence-corrected chi connectivity index (χ0v) is 55.4. The Labute approximate surface area is 563 Å². The number of rotatable bonds is 26. The van der Waals surface area contributed by atoms with Crippen LogP contribution in [0.15, 0.2) is 91.1 Å². The number of aromatic carboxylic acids is 1. The predicted molar refractivity (Wildman–Crippen MR) is 354 cm³/mol. The second-order valence-electron chi connectivity index (χ2n) is 27.6. The van der Waals surface area contributed by atoms with Gasteiger partial charge in [-0.2, -0.15) is 5.10 Å². The van der Waals surface area contributed by atoms with E-state index in [-0.39, 0.29) is 103 Å². The summed E-state index contributed by atoms with van der Waals surface area (Å²) in [5, 5.41) is 62.9. The van der Waals surface area contributed by atoms with Gasteiger partial charge in [-0.3, -0.25) is 34.2 Å². The molecule has 2 unspecified atom stereocenters. The lowest BCUT2D eigenvalue weighted by atomic mass is 9.39. The molecule has 13 rings (SSSR count). The first-order valence-corrected chi connectivity index (χ1v) is 33.7. The zero-order valence-electron chi connectivity index (χ0n) is 54.6. The molecule has 0 radical (unpaired) electrons. The molecule has 4 saturated carbocycles. The highest BCUT2D eigenvalue weighted by Gasteiger charge is 2.66. The average molecular weight is 1350 g/mol. The number of thiazole rings is 1. The second kappa shape index (κ2) is 27.9. The smallest absolute Gasteiger partial charge is 0.409 e. The van der Waals surface area contributed by atoms with Crippen LogP contribution in [0.2, 0.25) is 0 Å². The van der Waals surface area contributed by atoms with E-state index in [1.807, 2.05) is 60.1 Å². The van der Waals surface area contributed by atoms with Crippen molar-refractivity contribution in [3.05, 3.63) is 114 Å². The maximum Gasteiger partial charge on any atom is 0.409 e. The number of carbonyl (C=O) groups excluding carboxylic acids is 5. The van der Waals surface area contributed by atoms with Gasteiger partial charge in [-0.25, -0.2) is 29.1 Å². The number of anilines is 2. The average Bonchev–Trinajstić information content (AvgIpc) is 0.907. The first-order chi connectivity index (χ1) is 46.4. The van der Waals surface area contributed by atoms with Crippen LogP contribution >= 0.6 is 11.3 Å². The Kier molecular flexibility index (Phi) is 19.6. The van der Waals surface area contributed by atoms with Gasteiger partial charge in [0.2, 0.25) is 12.2 Å². The number of aryl methyl sites for hydroxylation is 1. The van der Waals surface area contributed by atoms with Crippen LogP contribution in [0.3, 0.4) is 0 Å². The molecule has 5 fully saturated rings. The standard InChI is InChI=1S/C70H81N9O17S/c1-41-47(46-20-21-48(73-56(46)61(86)87)43-17-16-42-12-10-26-77(50(42)30-43)65(90)75-64-74-49-13-7-8-14-52(49)97-64)32-72-79(41)40-69-35-67(2)34-68(3,36-69)38-70(37-67,39-69)94-29-27-76(4)66(91)93-33-44-18-19-45(95-63-59(85)57(83)58(84)60(96-63)62(88)89)31-51(44)92-28-11-24-71-53(80)15-6-5-9-25-78-54(81)22-23-55(78)82/h7-8,13-14,16-23,30-32,57-60,63,83-85H,5-6,9-12,15,24-29,33-40H2,1-4H3,(H,71,80)(H,86,87)(H,88,89)(H,74,75,90)/t57-,58-,59+,60-,63+,67?,68?,69?,70?/m0/s1. The number of pyridine rings is 1. The number of imide groups is 1. The number of aliphatic hydroxyl groups excluding tert-OH is 3. The number of para-hydroxylation sites is 1. The third-order valence-electron chi connectivity index (χ3n) is 19.6. The van der Waals surface area contributed by atoms with Crippen molar-refractivity contribution in [1.82, 2.24) is 34.9 Å². The first-order valence-electron chi connectivity index (χ1n) is 32.9. The Morgan fingerprint density at radius 3 is 2.35 bits per heavy atom. The number of hydrogen-bond acceptors (Lipinski definition) is 19. The summed E-state index contributed by atoms with van der Waals surface area (Å²) in [5.74, 6) is -3.43. The summed E-state index contributed by atoms with van der Waals surface area (Å²) >= 11 is 1.41. The van der Waals surface area contributed by atoms with Crippen molar-refractivity contribution in [2.45, 2.75) is 154 Å². The lowest BCUT2D eigenvalue weighted by Crippen LogP contribution is -2.64. The number of unbranched alkanes of at least 4 members (excludes halogenated alkanes) is 2. The molecule has 7 aliphatic rings. The number of amides is 6. The maximum atomic E-state index is 13.8. The van der Waals surface area contributed by atoms with Gasteiger partial charge in [0.1, 0.15) is 36.4 Å². The molecule has 26 nitrogen and oxygen atoms in total. The molecule has 97 heavy (non-hydrogen) atoms. The Bertz CT molecular complexity index is 3990. The number of fused-ring (bicyclic) bond motifs is 2. The molecule has 4 aliphatic carbocycles. The molecular weight excluding hydrogens is 1270 g/mol. The third-order valence-corrected chi connectivity index (χ3v) is 20.5. The minimum atomic E-state index is -1.93. The number of hydrogen-bond donors (Lipinski definition) is 7. The molecule has 6 aromatic rings. The lowest BCUT2D eigenvalue weighted by Gasteiger charge is -2.69. The fourth-order valence-electron chi connectivity index (χ4n) is 16.2. The molecule has 1 saturated heterocycles. The molecule has 3 aromatic carbocycles. The van der Waals surface area contributed by atoms with Crippen molar-refractivity contribution in [3.63, 3.8) is 0 Å². The van der Waals surface area contributed by atoms with Crippen LogP contribution in [0.5, 0.6) is 11.5 Å². The van der Waals surface area contributed by atoms with E-state index in [1.54, 1.807) is 30.3 Å². The van der Waals surface area contributed by atoms with E-state index in [9.17, 15) is 59.1 Å². The van der Waals surface area contributed by atoms with E-state index in [1.165, 1.54) is 40.5 Å². The molecule has 27 heteroatoms. The Morgan fingerprint density at radius 2 is 1.60 bits per heavy atom. The van der Waals surface area contributed by atoms with Crippen LogP contribution in [-0.2, 0) is 53.0 Å². The van der Waals surface area contributed by atoms with Gasteiger partial charge >= 0.3 is 24.1 Å². The van der Waals surface area contributed by atoms with E-state index < -0.39 is 54.3 Å².